The molecule has 290 valence electrons. The lowest BCUT2D eigenvalue weighted by Crippen LogP contribution is -2.46. The van der Waals surface area contributed by atoms with Crippen LogP contribution in [0, 0.1) is 29.1 Å². The summed E-state index contributed by atoms with van der Waals surface area (Å²) in [5.41, 5.74) is 0.337. The molecule has 4 bridgehead atoms. The summed E-state index contributed by atoms with van der Waals surface area (Å²) >= 11 is 0. The van der Waals surface area contributed by atoms with E-state index in [0.717, 1.165) is 82.5 Å². The minimum atomic E-state index is -0.366. The number of hydrogen-bond acceptors (Lipinski definition) is 8. The van der Waals surface area contributed by atoms with Crippen LogP contribution in [0.25, 0.3) is 0 Å². The Bertz CT molecular complexity index is 1050. The summed E-state index contributed by atoms with van der Waals surface area (Å²) in [7, 11) is 2.12. The van der Waals surface area contributed by atoms with E-state index < -0.39 is 0 Å². The van der Waals surface area contributed by atoms with Crippen LogP contribution in [0.4, 0.5) is 0 Å². The van der Waals surface area contributed by atoms with Crippen molar-refractivity contribution in [1.82, 2.24) is 9.80 Å². The van der Waals surface area contributed by atoms with E-state index in [1.54, 1.807) is 0 Å². The van der Waals surface area contributed by atoms with Gasteiger partial charge < -0.3 is 24.0 Å². The molecule has 4 saturated carbocycles. The van der Waals surface area contributed by atoms with Gasteiger partial charge in [0.05, 0.1) is 12.3 Å². The van der Waals surface area contributed by atoms with E-state index in [1.165, 1.54) is 77.0 Å². The minimum Gasteiger partial charge on any atom is -0.465 e. The molecule has 1 atom stereocenters. The molecule has 4 aliphatic carbocycles. The molecule has 8 nitrogen and oxygen atoms in total. The van der Waals surface area contributed by atoms with Crippen molar-refractivity contribution in [2.24, 2.45) is 29.1 Å². The molecule has 5 aliphatic rings. The van der Waals surface area contributed by atoms with Gasteiger partial charge in [0.15, 0.2) is 0 Å². The first-order chi connectivity index (χ1) is 24.8. The maximum absolute atomic E-state index is 12.9. The van der Waals surface area contributed by atoms with Crippen molar-refractivity contribution in [2.75, 3.05) is 59.6 Å². The number of carbonyl (C=O) groups is 3. The zero-order valence-corrected chi connectivity index (χ0v) is 32.5. The summed E-state index contributed by atoms with van der Waals surface area (Å²) in [5.74, 6) is 1.54. The Morgan fingerprint density at radius 1 is 0.647 bits per heavy atom. The van der Waals surface area contributed by atoms with Crippen LogP contribution in [-0.2, 0) is 28.6 Å². The molecule has 8 heteroatoms. The van der Waals surface area contributed by atoms with Gasteiger partial charge in [-0.25, -0.2) is 0 Å². The van der Waals surface area contributed by atoms with Gasteiger partial charge in [-0.2, -0.15) is 0 Å². The third kappa shape index (κ3) is 16.6. The lowest BCUT2D eigenvalue weighted by molar-refractivity contribution is -0.154. The lowest BCUT2D eigenvalue weighted by Gasteiger charge is -2.57. The number of esters is 3. The van der Waals surface area contributed by atoms with Crippen LogP contribution in [0.2, 0.25) is 0 Å². The first-order valence-corrected chi connectivity index (χ1v) is 21.0. The van der Waals surface area contributed by atoms with Gasteiger partial charge in [-0.15, -0.1) is 0 Å². The summed E-state index contributed by atoms with van der Waals surface area (Å²) < 4.78 is 17.0. The molecule has 1 saturated heterocycles. The number of carbonyl (C=O) groups excluding carboxylic acids is 3. The Morgan fingerprint density at radius 3 is 1.75 bits per heavy atom. The highest BCUT2D eigenvalue weighted by molar-refractivity contribution is 5.70. The Kier molecular flexibility index (Phi) is 19.1. The van der Waals surface area contributed by atoms with Crippen molar-refractivity contribution in [1.29, 1.82) is 0 Å². The molecule has 0 N–H and O–H groups in total. The molecule has 5 fully saturated rings. The van der Waals surface area contributed by atoms with Gasteiger partial charge in [-0.05, 0) is 114 Å². The number of unbranched alkanes of at least 4 members (excludes halogenated alkanes) is 8. The van der Waals surface area contributed by atoms with Gasteiger partial charge in [0, 0.05) is 45.6 Å². The fourth-order valence-electron chi connectivity index (χ4n) is 9.36. The Hall–Kier alpha value is -2.19. The molecule has 1 heterocycles. The van der Waals surface area contributed by atoms with E-state index in [4.69, 9.17) is 14.2 Å². The van der Waals surface area contributed by atoms with Crippen molar-refractivity contribution >= 4 is 17.9 Å². The van der Waals surface area contributed by atoms with E-state index in [1.807, 2.05) is 0 Å². The van der Waals surface area contributed by atoms with Crippen molar-refractivity contribution in [3.63, 3.8) is 0 Å². The van der Waals surface area contributed by atoms with Crippen molar-refractivity contribution < 1.29 is 28.6 Å². The van der Waals surface area contributed by atoms with Gasteiger partial charge in [0.25, 0.3) is 0 Å². The molecular weight excluding hydrogens is 640 g/mol. The summed E-state index contributed by atoms with van der Waals surface area (Å²) in [6, 6.07) is 0. The molecule has 51 heavy (non-hydrogen) atoms. The summed E-state index contributed by atoms with van der Waals surface area (Å²) in [5, 5.41) is 0. The van der Waals surface area contributed by atoms with E-state index in [0.29, 0.717) is 31.2 Å². The zero-order chi connectivity index (χ0) is 36.2. The summed E-state index contributed by atoms with van der Waals surface area (Å²) in [6.45, 7) is 7.11. The van der Waals surface area contributed by atoms with Crippen molar-refractivity contribution in [2.45, 2.75) is 142 Å². The number of nitrogens with zero attached hydrogens (tertiary/aromatic N) is 2. The average Bonchev–Trinajstić information content (AvgIpc) is 3.11. The van der Waals surface area contributed by atoms with Gasteiger partial charge in [-0.3, -0.25) is 14.4 Å². The third-order valence-corrected chi connectivity index (χ3v) is 12.0. The van der Waals surface area contributed by atoms with Crippen LogP contribution in [0.3, 0.4) is 0 Å². The highest BCUT2D eigenvalue weighted by Crippen LogP contribution is 2.61. The minimum absolute atomic E-state index is 0.0841. The van der Waals surface area contributed by atoms with Gasteiger partial charge >= 0.3 is 17.9 Å². The van der Waals surface area contributed by atoms with Crippen molar-refractivity contribution in [3.05, 3.63) is 24.3 Å². The predicted molar refractivity (Wildman–Crippen MR) is 204 cm³/mol. The van der Waals surface area contributed by atoms with Crippen LogP contribution in [0.15, 0.2) is 24.3 Å². The number of likely N-dealkylation sites (N-methyl/N-ethyl adjacent to an activating group) is 1. The molecule has 0 spiro atoms. The second kappa shape index (κ2) is 23.5. The monoisotopic (exact) mass is 713 g/mol. The zero-order valence-electron chi connectivity index (χ0n) is 32.5. The molecule has 1 unspecified atom stereocenters. The van der Waals surface area contributed by atoms with Crippen LogP contribution >= 0.6 is 0 Å². The first-order valence-electron chi connectivity index (χ1n) is 21.0. The van der Waals surface area contributed by atoms with E-state index in [-0.39, 0.29) is 43.6 Å². The molecule has 0 aromatic carbocycles. The molecule has 0 amide bonds. The van der Waals surface area contributed by atoms with Gasteiger partial charge in [0.1, 0.15) is 19.8 Å². The van der Waals surface area contributed by atoms with Crippen LogP contribution in [0.1, 0.15) is 142 Å². The number of ether oxygens (including phenoxy) is 3. The van der Waals surface area contributed by atoms with E-state index in [9.17, 15) is 14.4 Å². The second-order valence-electron chi connectivity index (χ2n) is 16.7. The molecule has 0 radical (unpaired) electrons. The Balaban J connectivity index is 1.09. The highest BCUT2D eigenvalue weighted by atomic mass is 16.6. The number of allylic oxidation sites excluding steroid dienone is 4. The molecule has 0 aromatic heterocycles. The van der Waals surface area contributed by atoms with Crippen LogP contribution < -0.4 is 0 Å². The molecule has 0 aromatic rings. The third-order valence-electron chi connectivity index (χ3n) is 12.0. The van der Waals surface area contributed by atoms with E-state index in [2.05, 4.69) is 48.1 Å². The van der Waals surface area contributed by atoms with E-state index >= 15 is 0 Å². The van der Waals surface area contributed by atoms with Crippen LogP contribution in [-0.4, -0.2) is 87.3 Å². The SMILES string of the molecule is CCCCC/C=C\C/C=C\CCCCCCCC(=O)OCC(COC(=O)CCN1CCN(C)CC1)COC(=O)CCC12CC3CC(CC(C3)C1)C2. The second-order valence-corrected chi connectivity index (χ2v) is 16.7. The fourth-order valence-corrected chi connectivity index (χ4v) is 9.36. The maximum atomic E-state index is 12.9. The summed E-state index contributed by atoms with van der Waals surface area (Å²) in [6.07, 6.45) is 31.7. The Morgan fingerprint density at radius 2 is 1.16 bits per heavy atom. The quantitative estimate of drug-likeness (QED) is 0.0381. The smallest absolute Gasteiger partial charge is 0.307 e. The molecule has 5 rings (SSSR count). The topological polar surface area (TPSA) is 85.4 Å². The number of piperazine rings is 1. The largest absolute Gasteiger partial charge is 0.465 e. The number of rotatable bonds is 26. The van der Waals surface area contributed by atoms with Crippen molar-refractivity contribution in [3.8, 4) is 0 Å². The van der Waals surface area contributed by atoms with Crippen LogP contribution in [0.5, 0.6) is 0 Å². The lowest BCUT2D eigenvalue weighted by atomic mass is 9.48. The first kappa shape index (κ1) is 41.6. The normalized spacial score (nSPS) is 25.5. The number of hydrogen-bond donors (Lipinski definition) is 0. The fraction of sp³-hybridized carbons (Fsp3) is 0.837. The maximum Gasteiger partial charge on any atom is 0.307 e. The molecule has 1 aliphatic heterocycles. The average molecular weight is 713 g/mol. The molecular formula is C43H72N2O6. The van der Waals surface area contributed by atoms with Gasteiger partial charge in [-0.1, -0.05) is 63.3 Å². The summed E-state index contributed by atoms with van der Waals surface area (Å²) in [4.78, 5) is 42.7. The highest BCUT2D eigenvalue weighted by Gasteiger charge is 2.50. The standard InChI is InChI=1S/C43H72N2O6/c1-3-4-5-6-7-8-9-10-11-12-13-14-15-16-17-18-40(46)49-33-39(35-51-42(48)20-22-45-25-23-44(2)24-26-45)34-50-41(47)19-21-43-30-36-27-37(31-43)29-38(28-36)32-43/h7-8,10-11,36-39H,3-6,9,12-35H2,1-2H3/b8-7-,11-10-. The Labute approximate surface area is 310 Å². The van der Waals surface area contributed by atoms with Gasteiger partial charge in [0.2, 0.25) is 0 Å². The predicted octanol–water partition coefficient (Wildman–Crippen LogP) is 8.68.